The van der Waals surface area contributed by atoms with Gasteiger partial charge >= 0.3 is 0 Å². The van der Waals surface area contributed by atoms with E-state index in [1.807, 2.05) is 0 Å². The smallest absolute Gasteiger partial charge is 0.208 e. The largest absolute Gasteiger partial charge is 0.314 e. The minimum atomic E-state index is -2.98. The number of hydrogen-bond acceptors (Lipinski definition) is 3. The van der Waals surface area contributed by atoms with Crippen molar-refractivity contribution in [2.45, 2.75) is 25.3 Å². The summed E-state index contributed by atoms with van der Waals surface area (Å²) in [7, 11) is -2.98. The van der Waals surface area contributed by atoms with Crippen molar-refractivity contribution in [2.24, 2.45) is 0 Å². The third-order valence-corrected chi connectivity index (χ3v) is 2.75. The highest BCUT2D eigenvalue weighted by Crippen LogP contribution is 2.07. The van der Waals surface area contributed by atoms with Gasteiger partial charge in [0.05, 0.1) is 6.26 Å². The average Bonchev–Trinajstić information content (AvgIpc) is 1.80. The van der Waals surface area contributed by atoms with Crippen molar-refractivity contribution in [3.8, 4) is 0 Å². The maximum absolute atomic E-state index is 10.6. The second kappa shape index (κ2) is 4.20. The zero-order valence-corrected chi connectivity index (χ0v) is 8.15. The van der Waals surface area contributed by atoms with Crippen LogP contribution in [0.25, 0.3) is 0 Å². The normalized spacial score (nSPS) is 23.6. The Morgan fingerprint density at radius 2 is 2.25 bits per heavy atom. The van der Waals surface area contributed by atoms with Gasteiger partial charge in [-0.05, 0) is 25.8 Å². The van der Waals surface area contributed by atoms with Crippen molar-refractivity contribution >= 4 is 10.0 Å². The molecule has 1 atom stereocenters. The Bertz CT molecular complexity index is 222. The van der Waals surface area contributed by atoms with Crippen LogP contribution in [0.1, 0.15) is 19.3 Å². The maximum atomic E-state index is 10.6. The molecule has 1 rings (SSSR count). The molecule has 0 saturated carbocycles. The van der Waals surface area contributed by atoms with E-state index in [2.05, 4.69) is 10.0 Å². The molecule has 0 aromatic heterocycles. The fourth-order valence-electron chi connectivity index (χ4n) is 1.20. The van der Waals surface area contributed by atoms with Crippen LogP contribution in [0.5, 0.6) is 0 Å². The van der Waals surface area contributed by atoms with Gasteiger partial charge in [-0.1, -0.05) is 0 Å². The lowest BCUT2D eigenvalue weighted by atomic mass is 10.0. The van der Waals surface area contributed by atoms with Crippen LogP contribution >= 0.6 is 0 Å². The van der Waals surface area contributed by atoms with Gasteiger partial charge in [0.2, 0.25) is 10.0 Å². The van der Waals surface area contributed by atoms with Crippen LogP contribution in [0.3, 0.4) is 0 Å². The van der Waals surface area contributed by atoms with Gasteiger partial charge in [-0.25, -0.2) is 13.1 Å². The molecule has 2 N–H and O–H groups in total. The molecule has 1 aliphatic heterocycles. The van der Waals surface area contributed by atoms with Crippen LogP contribution < -0.4 is 10.0 Å². The van der Waals surface area contributed by atoms with Gasteiger partial charge < -0.3 is 5.32 Å². The summed E-state index contributed by atoms with van der Waals surface area (Å²) >= 11 is 0. The molecule has 0 bridgehead atoms. The Morgan fingerprint density at radius 3 is 2.67 bits per heavy atom. The van der Waals surface area contributed by atoms with Gasteiger partial charge in [0, 0.05) is 12.6 Å². The fraction of sp³-hybridized carbons (Fsp3) is 1.00. The second-order valence-corrected chi connectivity index (χ2v) is 5.08. The maximum Gasteiger partial charge on any atom is 0.208 e. The van der Waals surface area contributed by atoms with Crippen LogP contribution in [0.15, 0.2) is 0 Å². The molecular formula is C7H16N2O2S. The summed E-state index contributed by atoms with van der Waals surface area (Å²) in [6.07, 6.45) is 4.42. The summed E-state index contributed by atoms with van der Waals surface area (Å²) in [5.74, 6) is 0. The number of nitrogens with one attached hydrogen (secondary N) is 2. The van der Waals surface area contributed by atoms with Crippen LogP contribution in [0.2, 0.25) is 0 Å². The Labute approximate surface area is 73.8 Å². The van der Waals surface area contributed by atoms with E-state index in [9.17, 15) is 8.42 Å². The Kier molecular flexibility index (Phi) is 3.49. The third kappa shape index (κ3) is 4.04. The van der Waals surface area contributed by atoms with Gasteiger partial charge in [-0.2, -0.15) is 0 Å². The molecule has 1 fully saturated rings. The predicted octanol–water partition coefficient (Wildman–Crippen LogP) is -0.322. The molecule has 1 aliphatic rings. The lowest BCUT2D eigenvalue weighted by molar-refractivity contribution is 0.344. The zero-order chi connectivity index (χ0) is 9.03. The molecule has 72 valence electrons. The molecule has 0 aromatic rings. The summed E-state index contributed by atoms with van der Waals surface area (Å²) in [5.41, 5.74) is 0. The quantitative estimate of drug-likeness (QED) is 0.587. The Morgan fingerprint density at radius 1 is 1.58 bits per heavy atom. The molecule has 4 nitrogen and oxygen atoms in total. The molecule has 12 heavy (non-hydrogen) atoms. The van der Waals surface area contributed by atoms with Crippen molar-refractivity contribution in [3.63, 3.8) is 0 Å². The van der Waals surface area contributed by atoms with Gasteiger partial charge in [0.15, 0.2) is 0 Å². The fourth-order valence-corrected chi connectivity index (χ4v) is 1.72. The van der Waals surface area contributed by atoms with Crippen LogP contribution in [-0.2, 0) is 10.0 Å². The summed E-state index contributed by atoms with van der Waals surface area (Å²) in [6.45, 7) is 1.68. The van der Waals surface area contributed by atoms with Crippen LogP contribution in [0, 0.1) is 0 Å². The Hall–Kier alpha value is -0.130. The minimum Gasteiger partial charge on any atom is -0.314 e. The molecule has 0 aliphatic carbocycles. The molecule has 1 heterocycles. The van der Waals surface area contributed by atoms with E-state index in [1.165, 1.54) is 12.7 Å². The lowest BCUT2D eigenvalue weighted by Crippen LogP contribution is -2.43. The van der Waals surface area contributed by atoms with Crippen molar-refractivity contribution in [1.29, 1.82) is 0 Å². The first kappa shape index (κ1) is 9.95. The molecule has 5 heteroatoms. The molecule has 1 unspecified atom stereocenters. The Balaban J connectivity index is 1.95. The topological polar surface area (TPSA) is 58.2 Å². The number of rotatable bonds is 5. The molecule has 0 spiro atoms. The van der Waals surface area contributed by atoms with E-state index in [1.54, 1.807) is 0 Å². The van der Waals surface area contributed by atoms with E-state index in [-0.39, 0.29) is 0 Å². The monoisotopic (exact) mass is 192 g/mol. The molecule has 1 saturated heterocycles. The lowest BCUT2D eigenvalue weighted by Gasteiger charge is -2.27. The molecule has 0 amide bonds. The van der Waals surface area contributed by atoms with E-state index in [0.29, 0.717) is 12.6 Å². The van der Waals surface area contributed by atoms with Crippen molar-refractivity contribution in [3.05, 3.63) is 0 Å². The van der Waals surface area contributed by atoms with E-state index in [4.69, 9.17) is 0 Å². The van der Waals surface area contributed by atoms with E-state index >= 15 is 0 Å². The van der Waals surface area contributed by atoms with Crippen molar-refractivity contribution < 1.29 is 8.42 Å². The SMILES string of the molecule is CS(=O)(=O)NCCCC1CCN1. The minimum absolute atomic E-state index is 0.566. The van der Waals surface area contributed by atoms with Gasteiger partial charge in [-0.15, -0.1) is 0 Å². The van der Waals surface area contributed by atoms with Crippen LogP contribution in [0.4, 0.5) is 0 Å². The predicted molar refractivity (Wildman–Crippen MR) is 48.5 cm³/mol. The number of hydrogen-bond donors (Lipinski definition) is 2. The van der Waals surface area contributed by atoms with E-state index in [0.717, 1.165) is 19.4 Å². The van der Waals surface area contributed by atoms with Crippen molar-refractivity contribution in [1.82, 2.24) is 10.0 Å². The first-order valence-corrected chi connectivity index (χ1v) is 6.15. The summed E-state index contributed by atoms with van der Waals surface area (Å²) in [4.78, 5) is 0. The summed E-state index contributed by atoms with van der Waals surface area (Å²) in [6, 6.07) is 0.631. The van der Waals surface area contributed by atoms with Gasteiger partial charge in [0.1, 0.15) is 0 Å². The molecule has 0 aromatic carbocycles. The summed E-state index contributed by atoms with van der Waals surface area (Å²) in [5, 5.41) is 3.27. The van der Waals surface area contributed by atoms with Crippen LogP contribution in [-0.4, -0.2) is 33.8 Å². The summed E-state index contributed by atoms with van der Waals surface area (Å²) < 4.78 is 23.7. The first-order chi connectivity index (χ1) is 5.58. The zero-order valence-electron chi connectivity index (χ0n) is 7.34. The molecular weight excluding hydrogens is 176 g/mol. The highest BCUT2D eigenvalue weighted by Gasteiger charge is 2.15. The van der Waals surface area contributed by atoms with E-state index < -0.39 is 10.0 Å². The highest BCUT2D eigenvalue weighted by atomic mass is 32.2. The van der Waals surface area contributed by atoms with Crippen molar-refractivity contribution in [2.75, 3.05) is 19.3 Å². The standard InChI is InChI=1S/C7H16N2O2S/c1-12(10,11)9-5-2-3-7-4-6-8-7/h7-9H,2-6H2,1H3. The van der Waals surface area contributed by atoms with Gasteiger partial charge in [0.25, 0.3) is 0 Å². The third-order valence-electron chi connectivity index (χ3n) is 2.02. The first-order valence-electron chi connectivity index (χ1n) is 4.26. The molecule has 0 radical (unpaired) electrons. The average molecular weight is 192 g/mol. The number of sulfonamides is 1. The van der Waals surface area contributed by atoms with Gasteiger partial charge in [-0.3, -0.25) is 0 Å². The highest BCUT2D eigenvalue weighted by molar-refractivity contribution is 7.88. The second-order valence-electron chi connectivity index (χ2n) is 3.25.